The van der Waals surface area contributed by atoms with Gasteiger partial charge in [0.25, 0.3) is 0 Å². The Morgan fingerprint density at radius 2 is 2.24 bits per heavy atom. The molecule has 1 amide bonds. The minimum atomic E-state index is 0.126. The summed E-state index contributed by atoms with van der Waals surface area (Å²) in [7, 11) is 0. The topological polar surface area (TPSA) is 42.0 Å². The summed E-state index contributed by atoms with van der Waals surface area (Å²) in [6.45, 7) is 4.27. The van der Waals surface area contributed by atoms with E-state index in [0.29, 0.717) is 18.3 Å². The van der Waals surface area contributed by atoms with Gasteiger partial charge in [-0.2, -0.15) is 0 Å². The molecule has 0 aliphatic heterocycles. The highest BCUT2D eigenvalue weighted by atomic mass is 32.1. The van der Waals surface area contributed by atoms with Gasteiger partial charge in [0.05, 0.1) is 0 Å². The first-order valence-electron chi connectivity index (χ1n) is 6.40. The molecule has 0 radical (unpaired) electrons. The van der Waals surface area contributed by atoms with Crippen LogP contribution >= 0.6 is 11.3 Å². The molecular weight excluding hydrogens is 232 g/mol. The molecule has 94 valence electrons. The van der Waals surface area contributed by atoms with Crippen molar-refractivity contribution in [3.63, 3.8) is 0 Å². The monoisotopic (exact) mass is 252 g/mol. The van der Waals surface area contributed by atoms with E-state index in [0.717, 1.165) is 5.13 Å². The van der Waals surface area contributed by atoms with E-state index >= 15 is 0 Å². The van der Waals surface area contributed by atoms with E-state index < -0.39 is 0 Å². The number of rotatable bonds is 4. The summed E-state index contributed by atoms with van der Waals surface area (Å²) in [6, 6.07) is 0. The highest BCUT2D eigenvalue weighted by Crippen LogP contribution is 2.29. The van der Waals surface area contributed by atoms with Crippen molar-refractivity contribution in [2.24, 2.45) is 5.92 Å². The third-order valence-corrected chi connectivity index (χ3v) is 4.50. The third-order valence-electron chi connectivity index (χ3n) is 3.29. The average Bonchev–Trinajstić information content (AvgIpc) is 2.88. The lowest BCUT2D eigenvalue weighted by atomic mass is 10.0. The van der Waals surface area contributed by atoms with Crippen LogP contribution in [-0.2, 0) is 4.79 Å². The highest BCUT2D eigenvalue weighted by Gasteiger charge is 2.19. The molecule has 1 N–H and O–H groups in total. The number of anilines is 1. The van der Waals surface area contributed by atoms with Gasteiger partial charge in [0.15, 0.2) is 5.13 Å². The molecule has 1 fully saturated rings. The molecular formula is C13H20N2OS. The summed E-state index contributed by atoms with van der Waals surface area (Å²) in [4.78, 5) is 17.3. The van der Waals surface area contributed by atoms with Gasteiger partial charge >= 0.3 is 0 Å². The summed E-state index contributed by atoms with van der Waals surface area (Å²) >= 11 is 1.58. The fourth-order valence-electron chi connectivity index (χ4n) is 2.26. The van der Waals surface area contributed by atoms with Crippen LogP contribution in [0.3, 0.4) is 0 Å². The van der Waals surface area contributed by atoms with Gasteiger partial charge < -0.3 is 5.32 Å². The number of thiazole rings is 1. The van der Waals surface area contributed by atoms with Gasteiger partial charge in [0.1, 0.15) is 0 Å². The van der Waals surface area contributed by atoms with Crippen LogP contribution in [0.4, 0.5) is 5.13 Å². The molecule has 0 saturated heterocycles. The minimum Gasteiger partial charge on any atom is -0.302 e. The Hall–Kier alpha value is -0.900. The van der Waals surface area contributed by atoms with Gasteiger partial charge in [-0.1, -0.05) is 26.7 Å². The van der Waals surface area contributed by atoms with E-state index in [1.165, 1.54) is 30.6 Å². The van der Waals surface area contributed by atoms with E-state index in [4.69, 9.17) is 0 Å². The first-order chi connectivity index (χ1) is 8.15. The standard InChI is InChI=1S/C13H20N2OS/c1-9(2)11-8-14-13(17-11)15-12(16)7-10-5-3-4-6-10/h8-10H,3-7H2,1-2H3,(H,14,15,16). The summed E-state index contributed by atoms with van der Waals surface area (Å²) in [5, 5.41) is 3.66. The Kier molecular flexibility index (Phi) is 4.15. The van der Waals surface area contributed by atoms with Crippen molar-refractivity contribution in [2.45, 2.75) is 51.9 Å². The van der Waals surface area contributed by atoms with Gasteiger partial charge in [0.2, 0.25) is 5.91 Å². The number of carbonyl (C=O) groups is 1. The molecule has 1 saturated carbocycles. The zero-order valence-electron chi connectivity index (χ0n) is 10.5. The Bertz CT molecular complexity index is 381. The molecule has 0 aromatic carbocycles. The first kappa shape index (κ1) is 12.6. The molecule has 0 spiro atoms. The Labute approximate surface area is 107 Å². The number of hydrogen-bond acceptors (Lipinski definition) is 3. The van der Waals surface area contributed by atoms with Gasteiger partial charge in [-0.25, -0.2) is 4.98 Å². The van der Waals surface area contributed by atoms with Crippen LogP contribution in [0.5, 0.6) is 0 Å². The summed E-state index contributed by atoms with van der Waals surface area (Å²) in [5.41, 5.74) is 0. The molecule has 2 rings (SSSR count). The average molecular weight is 252 g/mol. The summed E-state index contributed by atoms with van der Waals surface area (Å²) in [6.07, 6.45) is 7.52. The lowest BCUT2D eigenvalue weighted by Crippen LogP contribution is -2.14. The fourth-order valence-corrected chi connectivity index (χ4v) is 3.09. The van der Waals surface area contributed by atoms with Crippen LogP contribution < -0.4 is 5.32 Å². The van der Waals surface area contributed by atoms with Crippen LogP contribution in [0.25, 0.3) is 0 Å². The number of aromatic nitrogens is 1. The van der Waals surface area contributed by atoms with E-state index in [1.807, 2.05) is 6.20 Å². The smallest absolute Gasteiger partial charge is 0.226 e. The van der Waals surface area contributed by atoms with E-state index in [2.05, 4.69) is 24.1 Å². The summed E-state index contributed by atoms with van der Waals surface area (Å²) < 4.78 is 0. The van der Waals surface area contributed by atoms with Crippen LogP contribution in [0, 0.1) is 5.92 Å². The maximum Gasteiger partial charge on any atom is 0.226 e. The van der Waals surface area contributed by atoms with Gasteiger partial charge in [-0.05, 0) is 24.7 Å². The molecule has 4 heteroatoms. The molecule has 1 aliphatic rings. The minimum absolute atomic E-state index is 0.126. The molecule has 1 aromatic rings. The SMILES string of the molecule is CC(C)c1cnc(NC(=O)CC2CCCC2)s1. The van der Waals surface area contributed by atoms with Crippen molar-refractivity contribution in [2.75, 3.05) is 5.32 Å². The molecule has 17 heavy (non-hydrogen) atoms. The normalized spacial score (nSPS) is 16.6. The molecule has 1 aromatic heterocycles. The van der Waals surface area contributed by atoms with Crippen LogP contribution in [-0.4, -0.2) is 10.9 Å². The predicted molar refractivity (Wildman–Crippen MR) is 71.4 cm³/mol. The molecule has 3 nitrogen and oxygen atoms in total. The van der Waals surface area contributed by atoms with Crippen molar-refractivity contribution in [3.8, 4) is 0 Å². The molecule has 1 aliphatic carbocycles. The van der Waals surface area contributed by atoms with Gasteiger partial charge in [-0.3, -0.25) is 4.79 Å². The number of hydrogen-bond donors (Lipinski definition) is 1. The zero-order chi connectivity index (χ0) is 12.3. The zero-order valence-corrected chi connectivity index (χ0v) is 11.3. The van der Waals surface area contributed by atoms with Crippen molar-refractivity contribution >= 4 is 22.4 Å². The van der Waals surface area contributed by atoms with Crippen LogP contribution in [0.2, 0.25) is 0 Å². The second-order valence-corrected chi connectivity index (χ2v) is 6.19. The first-order valence-corrected chi connectivity index (χ1v) is 7.22. The Morgan fingerprint density at radius 3 is 2.82 bits per heavy atom. The lowest BCUT2D eigenvalue weighted by Gasteiger charge is -2.07. The molecule has 1 heterocycles. The van der Waals surface area contributed by atoms with Crippen molar-refractivity contribution in [3.05, 3.63) is 11.1 Å². The van der Waals surface area contributed by atoms with Crippen molar-refractivity contribution < 1.29 is 4.79 Å². The predicted octanol–water partition coefficient (Wildman–Crippen LogP) is 3.79. The van der Waals surface area contributed by atoms with Crippen LogP contribution in [0.1, 0.15) is 56.7 Å². The fraction of sp³-hybridized carbons (Fsp3) is 0.692. The maximum absolute atomic E-state index is 11.8. The molecule has 0 atom stereocenters. The summed E-state index contributed by atoms with van der Waals surface area (Å²) in [5.74, 6) is 1.20. The van der Waals surface area contributed by atoms with Gasteiger partial charge in [0, 0.05) is 17.5 Å². The molecule has 0 bridgehead atoms. The van der Waals surface area contributed by atoms with Crippen molar-refractivity contribution in [1.82, 2.24) is 4.98 Å². The quantitative estimate of drug-likeness (QED) is 0.886. The van der Waals surface area contributed by atoms with Crippen molar-refractivity contribution in [1.29, 1.82) is 0 Å². The Balaban J connectivity index is 1.84. The number of nitrogens with one attached hydrogen (secondary N) is 1. The highest BCUT2D eigenvalue weighted by molar-refractivity contribution is 7.15. The maximum atomic E-state index is 11.8. The molecule has 0 unspecified atom stereocenters. The lowest BCUT2D eigenvalue weighted by molar-refractivity contribution is -0.117. The van der Waals surface area contributed by atoms with E-state index in [9.17, 15) is 4.79 Å². The third kappa shape index (κ3) is 3.53. The van der Waals surface area contributed by atoms with E-state index in [1.54, 1.807) is 11.3 Å². The Morgan fingerprint density at radius 1 is 1.53 bits per heavy atom. The second-order valence-electron chi connectivity index (χ2n) is 5.13. The second kappa shape index (κ2) is 5.63. The number of carbonyl (C=O) groups excluding carboxylic acids is 1. The van der Waals surface area contributed by atoms with Gasteiger partial charge in [-0.15, -0.1) is 11.3 Å². The number of amides is 1. The van der Waals surface area contributed by atoms with Crippen LogP contribution in [0.15, 0.2) is 6.20 Å². The number of nitrogens with zero attached hydrogens (tertiary/aromatic N) is 1. The largest absolute Gasteiger partial charge is 0.302 e. The van der Waals surface area contributed by atoms with E-state index in [-0.39, 0.29) is 5.91 Å².